The lowest BCUT2D eigenvalue weighted by Gasteiger charge is -2.07. The van der Waals surface area contributed by atoms with Crippen molar-refractivity contribution < 1.29 is 9.53 Å². The molecular formula is C19H20ClN5O2. The Morgan fingerprint density at radius 2 is 1.89 bits per heavy atom. The number of urea groups is 1. The Morgan fingerprint density at radius 3 is 2.59 bits per heavy atom. The lowest BCUT2D eigenvalue weighted by atomic mass is 10.1. The Kier molecular flexibility index (Phi) is 6.27. The van der Waals surface area contributed by atoms with Crippen LogP contribution in [0.2, 0.25) is 5.02 Å². The molecule has 0 bridgehead atoms. The smallest absolute Gasteiger partial charge is 0.319 e. The number of anilines is 1. The van der Waals surface area contributed by atoms with Gasteiger partial charge in [0.2, 0.25) is 0 Å². The van der Waals surface area contributed by atoms with Crippen molar-refractivity contribution in [1.29, 1.82) is 0 Å². The van der Waals surface area contributed by atoms with Crippen LogP contribution in [0.1, 0.15) is 11.3 Å². The molecule has 0 aliphatic carbocycles. The molecule has 0 spiro atoms. The molecule has 0 aliphatic rings. The van der Waals surface area contributed by atoms with Crippen molar-refractivity contribution >= 4 is 23.3 Å². The van der Waals surface area contributed by atoms with Crippen LogP contribution in [0.5, 0.6) is 5.75 Å². The highest BCUT2D eigenvalue weighted by molar-refractivity contribution is 6.30. The third-order valence-electron chi connectivity index (χ3n) is 3.86. The van der Waals surface area contributed by atoms with Crippen LogP contribution in [0.15, 0.2) is 54.7 Å². The van der Waals surface area contributed by atoms with Crippen molar-refractivity contribution in [2.75, 3.05) is 19.0 Å². The van der Waals surface area contributed by atoms with Gasteiger partial charge in [0.05, 0.1) is 19.3 Å². The molecule has 1 heterocycles. The molecule has 7 nitrogen and oxygen atoms in total. The molecule has 3 rings (SSSR count). The zero-order valence-electron chi connectivity index (χ0n) is 14.9. The Morgan fingerprint density at radius 1 is 1.15 bits per heavy atom. The molecule has 0 aliphatic heterocycles. The highest BCUT2D eigenvalue weighted by atomic mass is 35.5. The zero-order valence-corrected chi connectivity index (χ0v) is 15.6. The number of nitrogens with one attached hydrogen (secondary N) is 2. The van der Waals surface area contributed by atoms with E-state index in [4.69, 9.17) is 16.3 Å². The fourth-order valence-electron chi connectivity index (χ4n) is 2.47. The molecule has 0 saturated heterocycles. The van der Waals surface area contributed by atoms with Crippen molar-refractivity contribution in [3.05, 3.63) is 71.0 Å². The number of hydrogen-bond acceptors (Lipinski definition) is 4. The molecule has 2 amide bonds. The minimum Gasteiger partial charge on any atom is -0.497 e. The molecule has 140 valence electrons. The lowest BCUT2D eigenvalue weighted by Crippen LogP contribution is -2.31. The van der Waals surface area contributed by atoms with Crippen LogP contribution in [-0.4, -0.2) is 34.7 Å². The standard InChI is InChI=1S/C19H20ClN5O2/c1-27-18-8-2-14(3-9-18)12-17-13-25(24-23-17)11-10-21-19(26)22-16-6-4-15(20)5-7-16/h2-9,13H,10-12H2,1H3,(H2,21,22,26). The van der Waals surface area contributed by atoms with E-state index < -0.39 is 0 Å². The number of amides is 2. The first-order chi connectivity index (χ1) is 13.1. The summed E-state index contributed by atoms with van der Waals surface area (Å²) in [6, 6.07) is 14.5. The molecule has 2 aromatic carbocycles. The number of halogens is 1. The predicted octanol–water partition coefficient (Wildman–Crippen LogP) is 3.35. The molecule has 1 aromatic heterocycles. The van der Waals surface area contributed by atoms with E-state index >= 15 is 0 Å². The van der Waals surface area contributed by atoms with E-state index in [9.17, 15) is 4.79 Å². The number of aromatic nitrogens is 3. The Bertz CT molecular complexity index is 878. The largest absolute Gasteiger partial charge is 0.497 e. The number of nitrogens with zero attached hydrogens (tertiary/aromatic N) is 3. The summed E-state index contributed by atoms with van der Waals surface area (Å²) in [6.07, 6.45) is 2.57. The minimum absolute atomic E-state index is 0.282. The normalized spacial score (nSPS) is 10.4. The first-order valence-corrected chi connectivity index (χ1v) is 8.82. The Balaban J connectivity index is 1.43. The van der Waals surface area contributed by atoms with E-state index in [0.717, 1.165) is 17.0 Å². The van der Waals surface area contributed by atoms with Crippen LogP contribution in [0.3, 0.4) is 0 Å². The van der Waals surface area contributed by atoms with Gasteiger partial charge in [-0.1, -0.05) is 28.9 Å². The van der Waals surface area contributed by atoms with Crippen molar-refractivity contribution in [2.45, 2.75) is 13.0 Å². The molecular weight excluding hydrogens is 366 g/mol. The summed E-state index contributed by atoms with van der Waals surface area (Å²) in [7, 11) is 1.64. The second kappa shape index (κ2) is 9.05. The van der Waals surface area contributed by atoms with Crippen molar-refractivity contribution in [3.63, 3.8) is 0 Å². The number of benzene rings is 2. The molecule has 0 fully saturated rings. The SMILES string of the molecule is COc1ccc(Cc2cn(CCNC(=O)Nc3ccc(Cl)cc3)nn2)cc1. The van der Waals surface area contributed by atoms with Crippen LogP contribution < -0.4 is 15.4 Å². The van der Waals surface area contributed by atoms with E-state index in [1.807, 2.05) is 30.5 Å². The summed E-state index contributed by atoms with van der Waals surface area (Å²) >= 11 is 5.82. The highest BCUT2D eigenvalue weighted by Gasteiger charge is 2.05. The first-order valence-electron chi connectivity index (χ1n) is 8.45. The van der Waals surface area contributed by atoms with E-state index in [2.05, 4.69) is 20.9 Å². The van der Waals surface area contributed by atoms with Gasteiger partial charge in [-0.2, -0.15) is 0 Å². The van der Waals surface area contributed by atoms with Gasteiger partial charge in [0.1, 0.15) is 5.75 Å². The van der Waals surface area contributed by atoms with Gasteiger partial charge in [0, 0.05) is 29.9 Å². The summed E-state index contributed by atoms with van der Waals surface area (Å²) in [5.74, 6) is 0.824. The van der Waals surface area contributed by atoms with Crippen LogP contribution in [-0.2, 0) is 13.0 Å². The third-order valence-corrected chi connectivity index (χ3v) is 4.11. The molecule has 3 aromatic rings. The number of methoxy groups -OCH3 is 1. The van der Waals surface area contributed by atoms with E-state index in [1.165, 1.54) is 0 Å². The van der Waals surface area contributed by atoms with Crippen molar-refractivity contribution in [2.24, 2.45) is 0 Å². The van der Waals surface area contributed by atoms with Gasteiger partial charge in [-0.3, -0.25) is 4.68 Å². The Hall–Kier alpha value is -3.06. The second-order valence-electron chi connectivity index (χ2n) is 5.89. The van der Waals surface area contributed by atoms with Gasteiger partial charge in [0.15, 0.2) is 0 Å². The number of rotatable bonds is 7. The number of carbonyl (C=O) groups excluding carboxylic acids is 1. The fraction of sp³-hybridized carbons (Fsp3) is 0.211. The summed E-state index contributed by atoms with van der Waals surface area (Å²) in [6.45, 7) is 0.967. The first kappa shape index (κ1) is 18.7. The third kappa shape index (κ3) is 5.72. The van der Waals surface area contributed by atoms with Gasteiger partial charge in [-0.05, 0) is 42.0 Å². The molecule has 0 atom stereocenters. The molecule has 2 N–H and O–H groups in total. The molecule has 27 heavy (non-hydrogen) atoms. The number of hydrogen-bond donors (Lipinski definition) is 2. The molecule has 0 unspecified atom stereocenters. The number of carbonyl (C=O) groups is 1. The van der Waals surface area contributed by atoms with E-state index in [-0.39, 0.29) is 6.03 Å². The molecule has 8 heteroatoms. The minimum atomic E-state index is -0.282. The number of ether oxygens (including phenoxy) is 1. The maximum absolute atomic E-state index is 11.9. The van der Waals surface area contributed by atoms with Gasteiger partial charge in [-0.25, -0.2) is 4.79 Å². The summed E-state index contributed by atoms with van der Waals surface area (Å²) in [4.78, 5) is 11.9. The van der Waals surface area contributed by atoms with Gasteiger partial charge < -0.3 is 15.4 Å². The average molecular weight is 386 g/mol. The van der Waals surface area contributed by atoms with Gasteiger partial charge in [-0.15, -0.1) is 5.10 Å². The topological polar surface area (TPSA) is 81.1 Å². The summed E-state index contributed by atoms with van der Waals surface area (Å²) in [5.41, 5.74) is 2.67. The van der Waals surface area contributed by atoms with Crippen molar-refractivity contribution in [3.8, 4) is 5.75 Å². The van der Waals surface area contributed by atoms with Gasteiger partial charge >= 0.3 is 6.03 Å². The Labute approximate surface area is 162 Å². The van der Waals surface area contributed by atoms with Crippen LogP contribution in [0.25, 0.3) is 0 Å². The highest BCUT2D eigenvalue weighted by Crippen LogP contribution is 2.14. The average Bonchev–Trinajstić information content (AvgIpc) is 3.11. The summed E-state index contributed by atoms with van der Waals surface area (Å²) in [5, 5.41) is 14.4. The van der Waals surface area contributed by atoms with Crippen LogP contribution in [0.4, 0.5) is 10.5 Å². The maximum atomic E-state index is 11.9. The quantitative estimate of drug-likeness (QED) is 0.653. The van der Waals surface area contributed by atoms with E-state index in [0.29, 0.717) is 30.2 Å². The fourth-order valence-corrected chi connectivity index (χ4v) is 2.60. The zero-order chi connectivity index (χ0) is 19.1. The monoisotopic (exact) mass is 385 g/mol. The van der Waals surface area contributed by atoms with Crippen molar-refractivity contribution in [1.82, 2.24) is 20.3 Å². The second-order valence-corrected chi connectivity index (χ2v) is 6.32. The van der Waals surface area contributed by atoms with Gasteiger partial charge in [0.25, 0.3) is 0 Å². The molecule has 0 saturated carbocycles. The maximum Gasteiger partial charge on any atom is 0.319 e. The lowest BCUT2D eigenvalue weighted by molar-refractivity contribution is 0.251. The summed E-state index contributed by atoms with van der Waals surface area (Å²) < 4.78 is 6.86. The predicted molar refractivity (Wildman–Crippen MR) is 104 cm³/mol. The van der Waals surface area contributed by atoms with E-state index in [1.54, 1.807) is 36.1 Å². The molecule has 0 radical (unpaired) electrons. The van der Waals surface area contributed by atoms with Crippen LogP contribution >= 0.6 is 11.6 Å². The van der Waals surface area contributed by atoms with Crippen LogP contribution in [0, 0.1) is 0 Å².